The summed E-state index contributed by atoms with van der Waals surface area (Å²) in [6.07, 6.45) is 2.63. The Kier molecular flexibility index (Phi) is 8.73. The molecule has 3 atom stereocenters. The molecule has 0 heterocycles. The maximum atomic E-state index is 11.6. The van der Waals surface area contributed by atoms with Gasteiger partial charge in [0.05, 0.1) is 6.04 Å². The molecule has 0 spiro atoms. The highest BCUT2D eigenvalue weighted by molar-refractivity contribution is 5.82. The van der Waals surface area contributed by atoms with E-state index in [4.69, 9.17) is 16.6 Å². The summed E-state index contributed by atoms with van der Waals surface area (Å²) in [5.41, 5.74) is 11.0. The van der Waals surface area contributed by atoms with E-state index >= 15 is 0 Å². The molecule has 0 saturated carbocycles. The third kappa shape index (κ3) is 7.53. The predicted molar refractivity (Wildman–Crippen MR) is 70.3 cm³/mol. The molecule has 7 heteroatoms. The quantitative estimate of drug-likeness (QED) is 0.305. The number of carboxylic acid groups (broad SMARTS) is 1. The van der Waals surface area contributed by atoms with E-state index in [0.717, 1.165) is 6.29 Å². The second kappa shape index (κ2) is 9.46. The second-order valence-corrected chi connectivity index (χ2v) is 4.64. The fourth-order valence-electron chi connectivity index (χ4n) is 1.50. The van der Waals surface area contributed by atoms with Crippen LogP contribution in [-0.2, 0) is 14.4 Å². The number of carbonyl (C=O) groups is 3. The van der Waals surface area contributed by atoms with Gasteiger partial charge in [0.1, 0.15) is 12.3 Å². The van der Waals surface area contributed by atoms with Gasteiger partial charge < -0.3 is 26.7 Å². The van der Waals surface area contributed by atoms with E-state index in [1.54, 1.807) is 6.92 Å². The topological polar surface area (TPSA) is 136 Å². The van der Waals surface area contributed by atoms with Crippen LogP contribution in [0.5, 0.6) is 0 Å². The van der Waals surface area contributed by atoms with Crippen LogP contribution >= 0.6 is 0 Å². The van der Waals surface area contributed by atoms with Gasteiger partial charge in [-0.2, -0.15) is 0 Å². The van der Waals surface area contributed by atoms with E-state index in [2.05, 4.69) is 5.32 Å². The zero-order chi connectivity index (χ0) is 14.8. The summed E-state index contributed by atoms with van der Waals surface area (Å²) in [6, 6.07) is -1.56. The van der Waals surface area contributed by atoms with Gasteiger partial charge in [-0.1, -0.05) is 6.92 Å². The summed E-state index contributed by atoms with van der Waals surface area (Å²) in [5, 5.41) is 11.2. The number of unbranched alkanes of at least 4 members (excludes halogenated alkanes) is 1. The van der Waals surface area contributed by atoms with Gasteiger partial charge in [-0.05, 0) is 25.2 Å². The number of hydrogen-bond acceptors (Lipinski definition) is 5. The largest absolute Gasteiger partial charge is 0.480 e. The smallest absolute Gasteiger partial charge is 0.320 e. The molecule has 0 saturated heterocycles. The van der Waals surface area contributed by atoms with Gasteiger partial charge in [0.15, 0.2) is 0 Å². The van der Waals surface area contributed by atoms with Gasteiger partial charge in [-0.3, -0.25) is 9.59 Å². The number of nitrogens with two attached hydrogens (primary N) is 2. The Morgan fingerprint density at radius 1 is 1.32 bits per heavy atom. The minimum atomic E-state index is -1.02. The maximum absolute atomic E-state index is 11.6. The molecular weight excluding hydrogens is 250 g/mol. The van der Waals surface area contributed by atoms with Crippen LogP contribution in [0.15, 0.2) is 0 Å². The fraction of sp³-hybridized carbons (Fsp3) is 0.750. The molecule has 110 valence electrons. The summed E-state index contributed by atoms with van der Waals surface area (Å²) in [6.45, 7) is 2.16. The Morgan fingerprint density at radius 3 is 2.47 bits per heavy atom. The number of amides is 1. The van der Waals surface area contributed by atoms with Crippen LogP contribution in [0, 0.1) is 5.92 Å². The molecule has 0 aliphatic rings. The van der Waals surface area contributed by atoms with Gasteiger partial charge >= 0.3 is 5.97 Å². The average Bonchev–Trinajstić information content (AvgIpc) is 2.36. The van der Waals surface area contributed by atoms with Crippen molar-refractivity contribution in [1.82, 2.24) is 5.32 Å². The molecule has 0 fully saturated rings. The van der Waals surface area contributed by atoms with E-state index in [9.17, 15) is 14.4 Å². The highest BCUT2D eigenvalue weighted by Gasteiger charge is 2.19. The monoisotopic (exact) mass is 273 g/mol. The lowest BCUT2D eigenvalue weighted by Crippen LogP contribution is -2.45. The van der Waals surface area contributed by atoms with Crippen LogP contribution in [0.2, 0.25) is 0 Å². The van der Waals surface area contributed by atoms with Crippen molar-refractivity contribution in [1.29, 1.82) is 0 Å². The Hall–Kier alpha value is -1.47. The standard InChI is InChI=1S/C12H23N3O4/c1-8(5-7-16)10(14)11(17)15-6-3-2-4-9(13)12(18)19/h7-10H,2-6,13-14H2,1H3,(H,15,17)(H,18,19)/t8-,9+,10-/m1/s1. The van der Waals surface area contributed by atoms with Gasteiger partial charge in [-0.25, -0.2) is 0 Å². The molecule has 19 heavy (non-hydrogen) atoms. The average molecular weight is 273 g/mol. The van der Waals surface area contributed by atoms with Crippen LogP contribution < -0.4 is 16.8 Å². The normalized spacial score (nSPS) is 15.3. The molecule has 0 unspecified atom stereocenters. The first-order valence-corrected chi connectivity index (χ1v) is 6.35. The number of nitrogens with one attached hydrogen (secondary N) is 1. The van der Waals surface area contributed by atoms with Crippen molar-refractivity contribution >= 4 is 18.2 Å². The summed E-state index contributed by atoms with van der Waals surface area (Å²) < 4.78 is 0. The van der Waals surface area contributed by atoms with Crippen molar-refractivity contribution in [2.45, 2.75) is 44.7 Å². The van der Waals surface area contributed by atoms with Gasteiger partial charge in [0, 0.05) is 13.0 Å². The van der Waals surface area contributed by atoms with E-state index in [1.807, 2.05) is 0 Å². The van der Waals surface area contributed by atoms with Crippen molar-refractivity contribution in [3.8, 4) is 0 Å². The molecule has 0 rings (SSSR count). The van der Waals surface area contributed by atoms with E-state index in [0.29, 0.717) is 25.8 Å². The summed E-state index contributed by atoms with van der Waals surface area (Å²) >= 11 is 0. The molecule has 0 radical (unpaired) electrons. The van der Waals surface area contributed by atoms with Crippen LogP contribution in [-0.4, -0.2) is 41.9 Å². The second-order valence-electron chi connectivity index (χ2n) is 4.64. The molecule has 0 aliphatic carbocycles. The maximum Gasteiger partial charge on any atom is 0.320 e. The van der Waals surface area contributed by atoms with Crippen LogP contribution in [0.25, 0.3) is 0 Å². The third-order valence-corrected chi connectivity index (χ3v) is 2.94. The number of aldehydes is 1. The Balaban J connectivity index is 3.74. The molecule has 1 amide bonds. The first-order chi connectivity index (χ1) is 8.90. The lowest BCUT2D eigenvalue weighted by atomic mass is 9.99. The first-order valence-electron chi connectivity index (χ1n) is 6.35. The minimum absolute atomic E-state index is 0.196. The predicted octanol–water partition coefficient (Wildman–Crippen LogP) is -0.763. The third-order valence-electron chi connectivity index (χ3n) is 2.94. The van der Waals surface area contributed by atoms with E-state index in [-0.39, 0.29) is 18.2 Å². The molecule has 0 aliphatic heterocycles. The highest BCUT2D eigenvalue weighted by Crippen LogP contribution is 2.04. The minimum Gasteiger partial charge on any atom is -0.480 e. The molecule has 0 aromatic carbocycles. The first kappa shape index (κ1) is 17.5. The van der Waals surface area contributed by atoms with Crippen LogP contribution in [0.3, 0.4) is 0 Å². The summed E-state index contributed by atoms with van der Waals surface area (Å²) in [7, 11) is 0. The summed E-state index contributed by atoms with van der Waals surface area (Å²) in [4.78, 5) is 32.4. The van der Waals surface area contributed by atoms with Gasteiger partial charge in [-0.15, -0.1) is 0 Å². The lowest BCUT2D eigenvalue weighted by Gasteiger charge is -2.17. The molecule has 0 bridgehead atoms. The van der Waals surface area contributed by atoms with Crippen LogP contribution in [0.4, 0.5) is 0 Å². The molecule has 0 aromatic heterocycles. The Bertz CT molecular complexity index is 309. The number of rotatable bonds is 10. The van der Waals surface area contributed by atoms with Crippen molar-refractivity contribution in [2.24, 2.45) is 17.4 Å². The number of carbonyl (C=O) groups excluding carboxylic acids is 2. The van der Waals surface area contributed by atoms with Crippen molar-refractivity contribution < 1.29 is 19.5 Å². The number of hydrogen-bond donors (Lipinski definition) is 4. The molecule has 7 nitrogen and oxygen atoms in total. The molecule has 0 aromatic rings. The van der Waals surface area contributed by atoms with Crippen molar-refractivity contribution in [3.63, 3.8) is 0 Å². The van der Waals surface area contributed by atoms with Crippen molar-refractivity contribution in [3.05, 3.63) is 0 Å². The van der Waals surface area contributed by atoms with Crippen LogP contribution in [0.1, 0.15) is 32.6 Å². The number of aliphatic carboxylic acids is 1. The highest BCUT2D eigenvalue weighted by atomic mass is 16.4. The Labute approximate surface area is 112 Å². The zero-order valence-corrected chi connectivity index (χ0v) is 11.2. The van der Waals surface area contributed by atoms with E-state index in [1.165, 1.54) is 0 Å². The molecular formula is C12H23N3O4. The zero-order valence-electron chi connectivity index (χ0n) is 11.2. The fourth-order valence-corrected chi connectivity index (χ4v) is 1.50. The van der Waals surface area contributed by atoms with Crippen molar-refractivity contribution in [2.75, 3.05) is 6.54 Å². The lowest BCUT2D eigenvalue weighted by molar-refractivity contribution is -0.138. The number of carboxylic acids is 1. The van der Waals surface area contributed by atoms with E-state index < -0.39 is 18.1 Å². The SMILES string of the molecule is C[C@H](CC=O)[C@@H](N)C(=O)NCCCC[C@H](N)C(=O)O. The molecule has 6 N–H and O–H groups in total. The van der Waals surface area contributed by atoms with Gasteiger partial charge in [0.25, 0.3) is 0 Å². The van der Waals surface area contributed by atoms with Gasteiger partial charge in [0.2, 0.25) is 5.91 Å². The summed E-state index contributed by atoms with van der Waals surface area (Å²) in [5.74, 6) is -1.51. The Morgan fingerprint density at radius 2 is 1.95 bits per heavy atom.